The van der Waals surface area contributed by atoms with Gasteiger partial charge in [-0.1, -0.05) is 32.0 Å². The maximum Gasteiger partial charge on any atom is 0.291 e. The average molecular weight is 421 g/mol. The summed E-state index contributed by atoms with van der Waals surface area (Å²) < 4.78 is 10.9. The quantitative estimate of drug-likeness (QED) is 0.535. The van der Waals surface area contributed by atoms with Crippen molar-refractivity contribution >= 4 is 17.5 Å². The van der Waals surface area contributed by atoms with Crippen LogP contribution in [0, 0.1) is 6.92 Å². The van der Waals surface area contributed by atoms with Crippen LogP contribution >= 0.6 is 0 Å². The molecule has 0 saturated carbocycles. The number of ether oxygens (including phenoxy) is 1. The summed E-state index contributed by atoms with van der Waals surface area (Å²) in [6, 6.07) is 16.4. The van der Waals surface area contributed by atoms with E-state index in [4.69, 9.17) is 9.15 Å². The zero-order chi connectivity index (χ0) is 22.4. The molecule has 162 valence electrons. The standard InChI is InChI=1S/C25H28N2O4/c1-16(2)22-11-10-21(13-17(22)3)31-18(4)24(28)26-15-19-7-5-8-20(14-19)27-25(29)23-9-6-12-30-23/h5-14,16,18H,15H2,1-4H3,(H,26,28)(H,27,29). The third-order valence-corrected chi connectivity index (χ3v) is 4.94. The summed E-state index contributed by atoms with van der Waals surface area (Å²) in [6.45, 7) is 8.39. The molecule has 3 aromatic rings. The van der Waals surface area contributed by atoms with Gasteiger partial charge in [0.2, 0.25) is 0 Å². The maximum absolute atomic E-state index is 12.5. The molecule has 31 heavy (non-hydrogen) atoms. The fourth-order valence-electron chi connectivity index (χ4n) is 3.32. The van der Waals surface area contributed by atoms with E-state index in [0.29, 0.717) is 23.9 Å². The van der Waals surface area contributed by atoms with E-state index in [1.165, 1.54) is 11.8 Å². The normalized spacial score (nSPS) is 11.8. The van der Waals surface area contributed by atoms with Gasteiger partial charge in [-0.3, -0.25) is 9.59 Å². The van der Waals surface area contributed by atoms with Gasteiger partial charge in [0.15, 0.2) is 11.9 Å². The van der Waals surface area contributed by atoms with Crippen LogP contribution in [-0.2, 0) is 11.3 Å². The molecule has 0 aliphatic rings. The molecular formula is C25H28N2O4. The summed E-state index contributed by atoms with van der Waals surface area (Å²) in [5.41, 5.74) is 3.89. The van der Waals surface area contributed by atoms with Crippen molar-refractivity contribution in [3.63, 3.8) is 0 Å². The number of rotatable bonds is 8. The molecule has 1 atom stereocenters. The van der Waals surface area contributed by atoms with Crippen molar-refractivity contribution in [2.75, 3.05) is 5.32 Å². The summed E-state index contributed by atoms with van der Waals surface area (Å²) in [5, 5.41) is 5.65. The second kappa shape index (κ2) is 9.98. The van der Waals surface area contributed by atoms with Gasteiger partial charge in [-0.15, -0.1) is 0 Å². The lowest BCUT2D eigenvalue weighted by molar-refractivity contribution is -0.127. The number of nitrogens with one attached hydrogen (secondary N) is 2. The largest absolute Gasteiger partial charge is 0.481 e. The van der Waals surface area contributed by atoms with Crippen LogP contribution in [0.1, 0.15) is 53.9 Å². The van der Waals surface area contributed by atoms with Crippen LogP contribution in [0.2, 0.25) is 0 Å². The Bertz CT molecular complexity index is 1040. The van der Waals surface area contributed by atoms with Gasteiger partial charge in [0.1, 0.15) is 5.75 Å². The van der Waals surface area contributed by atoms with Gasteiger partial charge in [0.25, 0.3) is 11.8 Å². The van der Waals surface area contributed by atoms with Gasteiger partial charge in [-0.05, 0) is 72.9 Å². The minimum absolute atomic E-state index is 0.212. The van der Waals surface area contributed by atoms with Crippen molar-refractivity contribution in [2.24, 2.45) is 0 Å². The van der Waals surface area contributed by atoms with Crippen molar-refractivity contribution in [2.45, 2.75) is 46.3 Å². The van der Waals surface area contributed by atoms with Gasteiger partial charge in [0.05, 0.1) is 6.26 Å². The smallest absolute Gasteiger partial charge is 0.291 e. The molecule has 0 aliphatic heterocycles. The van der Waals surface area contributed by atoms with Crippen LogP contribution in [0.3, 0.4) is 0 Å². The number of amides is 2. The predicted octanol–water partition coefficient (Wildman–Crippen LogP) is 5.05. The summed E-state index contributed by atoms with van der Waals surface area (Å²) in [7, 11) is 0. The Hall–Kier alpha value is -3.54. The molecule has 0 saturated heterocycles. The van der Waals surface area contributed by atoms with Crippen LogP contribution < -0.4 is 15.4 Å². The molecule has 6 heteroatoms. The van der Waals surface area contributed by atoms with Crippen LogP contribution in [0.4, 0.5) is 5.69 Å². The van der Waals surface area contributed by atoms with E-state index < -0.39 is 6.10 Å². The highest BCUT2D eigenvalue weighted by molar-refractivity contribution is 6.02. The number of carbonyl (C=O) groups is 2. The predicted molar refractivity (Wildman–Crippen MR) is 120 cm³/mol. The molecule has 0 bridgehead atoms. The molecule has 1 heterocycles. The summed E-state index contributed by atoms with van der Waals surface area (Å²) in [4.78, 5) is 24.6. The number of furan rings is 1. The molecule has 0 radical (unpaired) electrons. The number of aryl methyl sites for hydroxylation is 1. The van der Waals surface area contributed by atoms with E-state index in [9.17, 15) is 9.59 Å². The molecule has 3 rings (SSSR count). The lowest BCUT2D eigenvalue weighted by atomic mass is 9.98. The molecule has 1 unspecified atom stereocenters. The third-order valence-electron chi connectivity index (χ3n) is 4.94. The van der Waals surface area contributed by atoms with Crippen LogP contribution in [0.25, 0.3) is 0 Å². The van der Waals surface area contributed by atoms with Gasteiger partial charge < -0.3 is 19.8 Å². The molecule has 0 spiro atoms. The van der Waals surface area contributed by atoms with Crippen molar-refractivity contribution in [3.8, 4) is 5.75 Å². The Morgan fingerprint density at radius 3 is 2.52 bits per heavy atom. The first-order chi connectivity index (χ1) is 14.8. The third kappa shape index (κ3) is 5.98. The van der Waals surface area contributed by atoms with Crippen molar-refractivity contribution in [3.05, 3.63) is 83.3 Å². The first-order valence-electron chi connectivity index (χ1n) is 10.3. The highest BCUT2D eigenvalue weighted by atomic mass is 16.5. The Balaban J connectivity index is 1.54. The zero-order valence-electron chi connectivity index (χ0n) is 18.3. The molecule has 1 aromatic heterocycles. The second-order valence-electron chi connectivity index (χ2n) is 7.78. The summed E-state index contributed by atoms with van der Waals surface area (Å²) in [6.07, 6.45) is 0.815. The number of hydrogen-bond donors (Lipinski definition) is 2. The highest BCUT2D eigenvalue weighted by Crippen LogP contribution is 2.24. The second-order valence-corrected chi connectivity index (χ2v) is 7.78. The zero-order valence-corrected chi connectivity index (χ0v) is 18.3. The molecule has 2 N–H and O–H groups in total. The molecular weight excluding hydrogens is 392 g/mol. The van der Waals surface area contributed by atoms with E-state index in [-0.39, 0.29) is 17.6 Å². The van der Waals surface area contributed by atoms with Gasteiger partial charge in [0, 0.05) is 12.2 Å². The van der Waals surface area contributed by atoms with Crippen molar-refractivity contribution in [1.82, 2.24) is 5.32 Å². The molecule has 0 fully saturated rings. The number of carbonyl (C=O) groups excluding carboxylic acids is 2. The minimum atomic E-state index is -0.633. The van der Waals surface area contributed by atoms with Crippen molar-refractivity contribution in [1.29, 1.82) is 0 Å². The average Bonchev–Trinajstić information content (AvgIpc) is 3.27. The first-order valence-corrected chi connectivity index (χ1v) is 10.3. The summed E-state index contributed by atoms with van der Waals surface area (Å²) >= 11 is 0. The highest BCUT2D eigenvalue weighted by Gasteiger charge is 2.15. The Labute approximate surface area is 182 Å². The lowest BCUT2D eigenvalue weighted by Crippen LogP contribution is -2.35. The van der Waals surface area contributed by atoms with E-state index >= 15 is 0 Å². The fraction of sp³-hybridized carbons (Fsp3) is 0.280. The van der Waals surface area contributed by atoms with Gasteiger partial charge in [-0.25, -0.2) is 0 Å². The van der Waals surface area contributed by atoms with Crippen LogP contribution in [-0.4, -0.2) is 17.9 Å². The summed E-state index contributed by atoms with van der Waals surface area (Å²) in [5.74, 6) is 0.811. The monoisotopic (exact) mass is 420 g/mol. The molecule has 2 amide bonds. The Morgan fingerprint density at radius 1 is 1.03 bits per heavy atom. The SMILES string of the molecule is Cc1cc(OC(C)C(=O)NCc2cccc(NC(=O)c3ccco3)c2)ccc1C(C)C. The van der Waals surface area contributed by atoms with E-state index in [2.05, 4.69) is 24.5 Å². The van der Waals surface area contributed by atoms with Crippen LogP contribution in [0.5, 0.6) is 5.75 Å². The van der Waals surface area contributed by atoms with E-state index in [1.54, 1.807) is 31.2 Å². The fourth-order valence-corrected chi connectivity index (χ4v) is 3.32. The Kier molecular flexibility index (Phi) is 7.13. The number of benzene rings is 2. The maximum atomic E-state index is 12.5. The van der Waals surface area contributed by atoms with Crippen molar-refractivity contribution < 1.29 is 18.7 Å². The molecule has 6 nitrogen and oxygen atoms in total. The Morgan fingerprint density at radius 2 is 1.84 bits per heavy atom. The molecule has 0 aliphatic carbocycles. The lowest BCUT2D eigenvalue weighted by Gasteiger charge is -2.17. The minimum Gasteiger partial charge on any atom is -0.481 e. The topological polar surface area (TPSA) is 80.6 Å². The van der Waals surface area contributed by atoms with Gasteiger partial charge >= 0.3 is 0 Å². The number of anilines is 1. The number of hydrogen-bond acceptors (Lipinski definition) is 4. The molecule has 2 aromatic carbocycles. The van der Waals surface area contributed by atoms with Gasteiger partial charge in [-0.2, -0.15) is 0 Å². The van der Waals surface area contributed by atoms with Crippen LogP contribution in [0.15, 0.2) is 65.3 Å². The van der Waals surface area contributed by atoms with E-state index in [0.717, 1.165) is 11.1 Å². The first kappa shape index (κ1) is 22.2. The van der Waals surface area contributed by atoms with E-state index in [1.807, 2.05) is 37.3 Å².